The first-order valence-corrected chi connectivity index (χ1v) is 9.83. The first-order chi connectivity index (χ1) is 14.4. The van der Waals surface area contributed by atoms with Gasteiger partial charge in [-0.15, -0.1) is 5.10 Å². The minimum absolute atomic E-state index is 0.216. The second kappa shape index (κ2) is 9.45. The fourth-order valence-electron chi connectivity index (χ4n) is 3.07. The van der Waals surface area contributed by atoms with Crippen LogP contribution in [0.1, 0.15) is 18.1 Å². The predicted octanol–water partition coefficient (Wildman–Crippen LogP) is 3.86. The number of hydrazone groups is 1. The lowest BCUT2D eigenvalue weighted by Gasteiger charge is -2.14. The zero-order chi connectivity index (χ0) is 21.7. The van der Waals surface area contributed by atoms with Gasteiger partial charge in [-0.25, -0.2) is 0 Å². The van der Waals surface area contributed by atoms with Crippen molar-refractivity contribution in [3.63, 3.8) is 0 Å². The largest absolute Gasteiger partial charge is 0.476 e. The first-order valence-electron chi connectivity index (χ1n) is 9.83. The average molecular weight is 409 g/mol. The molecular weight excluding hydrogens is 380 g/mol. The highest BCUT2D eigenvalue weighted by Crippen LogP contribution is 2.28. The molecule has 7 nitrogen and oxygen atoms in total. The maximum absolute atomic E-state index is 13.2. The lowest BCUT2D eigenvalue weighted by Crippen LogP contribution is -2.21. The van der Waals surface area contributed by atoms with Gasteiger partial charge in [0, 0.05) is 32.6 Å². The van der Waals surface area contributed by atoms with Gasteiger partial charge in [-0.05, 0) is 67.4 Å². The van der Waals surface area contributed by atoms with Gasteiger partial charge in [0.1, 0.15) is 12.3 Å². The summed E-state index contributed by atoms with van der Waals surface area (Å²) in [5.41, 5.74) is 5.15. The summed E-state index contributed by atoms with van der Waals surface area (Å²) in [6, 6.07) is 13.6. The second-order valence-electron chi connectivity index (χ2n) is 7.11. The summed E-state index contributed by atoms with van der Waals surface area (Å²) in [6.45, 7) is 4.74. The molecule has 0 fully saturated rings. The molecule has 0 bridgehead atoms. The van der Waals surface area contributed by atoms with Gasteiger partial charge in [-0.1, -0.05) is 6.07 Å². The van der Waals surface area contributed by atoms with Crippen LogP contribution in [0.15, 0.2) is 53.1 Å². The van der Waals surface area contributed by atoms with E-state index in [2.05, 4.69) is 16.5 Å². The Morgan fingerprint density at radius 3 is 2.50 bits per heavy atom. The molecule has 158 valence electrons. The molecule has 0 aromatic heterocycles. The number of carbonyl (C=O) groups excluding carboxylic acids is 1. The summed E-state index contributed by atoms with van der Waals surface area (Å²) < 4.78 is 10.7. The van der Waals surface area contributed by atoms with E-state index in [1.165, 1.54) is 5.01 Å². The van der Waals surface area contributed by atoms with Crippen LogP contribution >= 0.6 is 0 Å². The molecule has 0 aliphatic carbocycles. The molecule has 3 rings (SSSR count). The monoisotopic (exact) mass is 408 g/mol. The molecule has 1 amide bonds. The molecule has 0 saturated carbocycles. The number of hydrogen-bond acceptors (Lipinski definition) is 6. The number of benzene rings is 2. The smallest absolute Gasteiger partial charge is 0.284 e. The van der Waals surface area contributed by atoms with E-state index >= 15 is 0 Å². The highest BCUT2D eigenvalue weighted by atomic mass is 16.5. The van der Waals surface area contributed by atoms with E-state index in [0.29, 0.717) is 30.5 Å². The molecule has 1 N–H and O–H groups in total. The van der Waals surface area contributed by atoms with Crippen molar-refractivity contribution < 1.29 is 14.3 Å². The minimum atomic E-state index is -0.216. The molecule has 0 radical (unpaired) electrons. The predicted molar refractivity (Wildman–Crippen MR) is 122 cm³/mol. The molecule has 7 heteroatoms. The SMILES string of the molecule is CCOC1=NN(c2ccc(NCOC)cc2)C(=O)/C1=C\c1ccc(N(C)C)cc1C. The van der Waals surface area contributed by atoms with E-state index in [-0.39, 0.29) is 5.91 Å². The summed E-state index contributed by atoms with van der Waals surface area (Å²) in [5, 5.41) is 8.92. The van der Waals surface area contributed by atoms with Crippen LogP contribution in [-0.4, -0.2) is 46.3 Å². The average Bonchev–Trinajstić information content (AvgIpc) is 3.04. The zero-order valence-corrected chi connectivity index (χ0v) is 18.1. The molecule has 1 heterocycles. The Balaban J connectivity index is 1.90. The summed E-state index contributed by atoms with van der Waals surface area (Å²) in [4.78, 5) is 15.2. The molecule has 2 aromatic rings. The minimum Gasteiger partial charge on any atom is -0.476 e. The van der Waals surface area contributed by atoms with Crippen LogP contribution in [0.5, 0.6) is 0 Å². The third-order valence-corrected chi connectivity index (χ3v) is 4.73. The maximum atomic E-state index is 13.2. The number of ether oxygens (including phenoxy) is 2. The molecule has 2 aromatic carbocycles. The van der Waals surface area contributed by atoms with Crippen molar-refractivity contribution in [1.82, 2.24) is 0 Å². The number of hydrogen-bond donors (Lipinski definition) is 1. The van der Waals surface area contributed by atoms with Gasteiger partial charge in [0.05, 0.1) is 12.3 Å². The lowest BCUT2D eigenvalue weighted by atomic mass is 10.0. The molecule has 0 unspecified atom stereocenters. The van der Waals surface area contributed by atoms with Crippen LogP contribution in [0.4, 0.5) is 17.1 Å². The molecule has 30 heavy (non-hydrogen) atoms. The van der Waals surface area contributed by atoms with Crippen molar-refractivity contribution in [1.29, 1.82) is 0 Å². The van der Waals surface area contributed by atoms with E-state index < -0.39 is 0 Å². The maximum Gasteiger partial charge on any atom is 0.284 e. The second-order valence-corrected chi connectivity index (χ2v) is 7.11. The van der Waals surface area contributed by atoms with E-state index in [4.69, 9.17) is 9.47 Å². The van der Waals surface area contributed by atoms with E-state index in [9.17, 15) is 4.79 Å². The number of anilines is 3. The molecule has 1 aliphatic heterocycles. The highest BCUT2D eigenvalue weighted by Gasteiger charge is 2.32. The highest BCUT2D eigenvalue weighted by molar-refractivity contribution is 6.30. The van der Waals surface area contributed by atoms with Gasteiger partial charge in [0.15, 0.2) is 0 Å². The Bertz CT molecular complexity index is 965. The van der Waals surface area contributed by atoms with E-state index in [1.807, 2.05) is 75.3 Å². The van der Waals surface area contributed by atoms with Crippen molar-refractivity contribution in [2.45, 2.75) is 13.8 Å². The zero-order valence-electron chi connectivity index (χ0n) is 18.1. The third-order valence-electron chi connectivity index (χ3n) is 4.73. The fraction of sp³-hybridized carbons (Fsp3) is 0.304. The van der Waals surface area contributed by atoms with E-state index in [1.54, 1.807) is 7.11 Å². The summed E-state index contributed by atoms with van der Waals surface area (Å²) in [6.07, 6.45) is 1.85. The number of carbonyl (C=O) groups is 1. The molecule has 0 saturated heterocycles. The number of rotatable bonds is 7. The topological polar surface area (TPSA) is 66.4 Å². The van der Waals surface area contributed by atoms with Crippen LogP contribution in [0.3, 0.4) is 0 Å². The van der Waals surface area contributed by atoms with Crippen LogP contribution in [0.2, 0.25) is 0 Å². The Morgan fingerprint density at radius 1 is 1.17 bits per heavy atom. The third kappa shape index (κ3) is 4.63. The van der Waals surface area contributed by atoms with Gasteiger partial charge in [-0.3, -0.25) is 4.79 Å². The lowest BCUT2D eigenvalue weighted by molar-refractivity contribution is -0.114. The van der Waals surface area contributed by atoms with Crippen molar-refractivity contribution in [3.8, 4) is 0 Å². The van der Waals surface area contributed by atoms with Gasteiger partial charge in [0.25, 0.3) is 5.91 Å². The Hall–Kier alpha value is -3.32. The Morgan fingerprint density at radius 2 is 1.90 bits per heavy atom. The van der Waals surface area contributed by atoms with Gasteiger partial charge in [0.2, 0.25) is 5.90 Å². The standard InChI is InChI=1S/C23H28N4O3/c1-6-30-22-21(14-17-7-10-20(26(3)4)13-16(17)2)23(28)27(25-22)19-11-8-18(9-12-19)24-15-29-5/h7-14,24H,6,15H2,1-5H3/b21-14-. The number of methoxy groups -OCH3 is 1. The summed E-state index contributed by atoms with van der Waals surface area (Å²) >= 11 is 0. The summed E-state index contributed by atoms with van der Waals surface area (Å²) in [5.74, 6) is 0.118. The van der Waals surface area contributed by atoms with Crippen molar-refractivity contribution in [2.24, 2.45) is 5.10 Å². The Kier molecular flexibility index (Phi) is 6.74. The van der Waals surface area contributed by atoms with E-state index in [0.717, 1.165) is 22.5 Å². The number of nitrogens with one attached hydrogen (secondary N) is 1. The molecular formula is C23H28N4O3. The molecule has 0 atom stereocenters. The van der Waals surface area contributed by atoms with Gasteiger partial charge >= 0.3 is 0 Å². The van der Waals surface area contributed by atoms with Crippen LogP contribution in [-0.2, 0) is 14.3 Å². The van der Waals surface area contributed by atoms with Crippen LogP contribution in [0, 0.1) is 6.92 Å². The molecule has 1 aliphatic rings. The quantitative estimate of drug-likeness (QED) is 0.557. The number of aryl methyl sites for hydroxylation is 1. The van der Waals surface area contributed by atoms with Crippen molar-refractivity contribution in [2.75, 3.05) is 49.8 Å². The molecule has 0 spiro atoms. The van der Waals surface area contributed by atoms with Crippen LogP contribution in [0.25, 0.3) is 6.08 Å². The summed E-state index contributed by atoms with van der Waals surface area (Å²) in [7, 11) is 5.63. The normalized spacial score (nSPS) is 14.8. The van der Waals surface area contributed by atoms with Crippen LogP contribution < -0.4 is 15.2 Å². The van der Waals surface area contributed by atoms with Gasteiger partial charge < -0.3 is 19.7 Å². The van der Waals surface area contributed by atoms with Crippen molar-refractivity contribution >= 4 is 34.9 Å². The first kappa shape index (κ1) is 21.4. The fourth-order valence-corrected chi connectivity index (χ4v) is 3.07. The van der Waals surface area contributed by atoms with Gasteiger partial charge in [-0.2, -0.15) is 5.01 Å². The number of nitrogens with zero attached hydrogens (tertiary/aromatic N) is 3. The van der Waals surface area contributed by atoms with Crippen molar-refractivity contribution in [3.05, 3.63) is 59.2 Å². The number of amides is 1. The Labute approximate surface area is 177 Å².